The van der Waals surface area contributed by atoms with Crippen molar-refractivity contribution in [2.75, 3.05) is 0 Å². The maximum Gasteiger partial charge on any atom is 0.0485 e. The van der Waals surface area contributed by atoms with Gasteiger partial charge in [-0.05, 0) is 11.1 Å². The monoisotopic (exact) mass is 167 g/mol. The van der Waals surface area contributed by atoms with Crippen molar-refractivity contribution < 1.29 is 0 Å². The molecule has 0 atom stereocenters. The van der Waals surface area contributed by atoms with Gasteiger partial charge in [0.05, 0.1) is 0 Å². The number of allylic oxidation sites excluding steroid dienone is 5. The summed E-state index contributed by atoms with van der Waals surface area (Å²) in [5, 5.41) is 0. The fraction of sp³-hybridized carbons (Fsp3) is 0. The number of benzene rings is 1. The Bertz CT molecular complexity index is 343. The van der Waals surface area contributed by atoms with Gasteiger partial charge in [-0.1, -0.05) is 61.2 Å². The van der Waals surface area contributed by atoms with Crippen LogP contribution in [0.15, 0.2) is 61.2 Å². The molecule has 1 aliphatic carbocycles. The Morgan fingerprint density at radius 1 is 0.923 bits per heavy atom. The van der Waals surface area contributed by atoms with Gasteiger partial charge in [0.1, 0.15) is 0 Å². The van der Waals surface area contributed by atoms with Crippen LogP contribution in [0.5, 0.6) is 0 Å². The van der Waals surface area contributed by atoms with Crippen LogP contribution in [0.1, 0.15) is 5.56 Å². The lowest BCUT2D eigenvalue weighted by Crippen LogP contribution is -1.90. The van der Waals surface area contributed by atoms with Gasteiger partial charge in [0.25, 0.3) is 0 Å². The molecule has 63 valence electrons. The fourth-order valence-electron chi connectivity index (χ4n) is 1.38. The summed E-state index contributed by atoms with van der Waals surface area (Å²) in [4.78, 5) is 0. The van der Waals surface area contributed by atoms with E-state index in [1.54, 1.807) is 0 Å². The maximum atomic E-state index is 4.07. The third kappa shape index (κ3) is 1.62. The Labute approximate surface area is 78.9 Å². The summed E-state index contributed by atoms with van der Waals surface area (Å²) in [5.41, 5.74) is 2.28. The lowest BCUT2D eigenvalue weighted by Gasteiger charge is -2.08. The van der Waals surface area contributed by atoms with E-state index < -0.39 is 0 Å². The number of hydrogen-bond donors (Lipinski definition) is 0. The third-order valence-corrected chi connectivity index (χ3v) is 2.13. The molecule has 0 unspecified atom stereocenters. The molecule has 0 heteroatoms. The molecular formula is C13H11. The molecule has 0 amide bonds. The minimum Gasteiger partial charge on any atom is -0.0940 e. The van der Waals surface area contributed by atoms with Gasteiger partial charge in [0.15, 0.2) is 0 Å². The molecule has 0 saturated carbocycles. The summed E-state index contributed by atoms with van der Waals surface area (Å²) < 4.78 is 0. The van der Waals surface area contributed by atoms with E-state index in [-0.39, 0.29) is 0 Å². The number of rotatable bonds is 2. The van der Waals surface area contributed by atoms with Crippen molar-refractivity contribution in [1.82, 2.24) is 0 Å². The van der Waals surface area contributed by atoms with Crippen molar-refractivity contribution in [3.63, 3.8) is 0 Å². The zero-order chi connectivity index (χ0) is 9.10. The fourth-order valence-corrected chi connectivity index (χ4v) is 1.38. The lowest BCUT2D eigenvalue weighted by atomic mass is 9.95. The third-order valence-electron chi connectivity index (χ3n) is 2.13. The second kappa shape index (κ2) is 3.44. The van der Waals surface area contributed by atoms with Crippen molar-refractivity contribution in [2.24, 2.45) is 0 Å². The Balaban J connectivity index is 2.23. The molecule has 0 aromatic heterocycles. The molecule has 2 rings (SSSR count). The predicted molar refractivity (Wildman–Crippen MR) is 57.0 cm³/mol. The molecule has 0 spiro atoms. The second-order valence-electron chi connectivity index (χ2n) is 3.02. The average Bonchev–Trinajstić information content (AvgIpc) is 2.71. The van der Waals surface area contributed by atoms with E-state index in [1.807, 2.05) is 30.4 Å². The molecule has 0 fully saturated rings. The Kier molecular flexibility index (Phi) is 2.13. The topological polar surface area (TPSA) is 0 Å². The summed E-state index contributed by atoms with van der Waals surface area (Å²) in [7, 11) is 0. The molecule has 1 aromatic rings. The molecule has 0 N–H and O–H groups in total. The predicted octanol–water partition coefficient (Wildman–Crippen LogP) is 3.40. The van der Waals surface area contributed by atoms with Crippen LogP contribution in [0.25, 0.3) is 5.57 Å². The van der Waals surface area contributed by atoms with E-state index in [1.165, 1.54) is 11.5 Å². The van der Waals surface area contributed by atoms with Gasteiger partial charge in [-0.3, -0.25) is 0 Å². The van der Waals surface area contributed by atoms with Gasteiger partial charge in [-0.15, -0.1) is 0 Å². The van der Waals surface area contributed by atoms with Gasteiger partial charge in [0.2, 0.25) is 0 Å². The molecule has 0 nitrogen and oxygen atoms in total. The molecule has 0 saturated heterocycles. The van der Waals surface area contributed by atoms with Crippen LogP contribution in [0.2, 0.25) is 0 Å². The van der Waals surface area contributed by atoms with Crippen LogP contribution in [0.4, 0.5) is 0 Å². The Morgan fingerprint density at radius 3 is 2.15 bits per heavy atom. The van der Waals surface area contributed by atoms with Crippen LogP contribution < -0.4 is 0 Å². The Morgan fingerprint density at radius 2 is 1.54 bits per heavy atom. The molecule has 0 bridgehead atoms. The molecule has 1 radical (unpaired) electrons. The van der Waals surface area contributed by atoms with Crippen LogP contribution in [-0.2, 0) is 0 Å². The van der Waals surface area contributed by atoms with E-state index in [2.05, 4.69) is 30.9 Å². The van der Waals surface area contributed by atoms with Crippen molar-refractivity contribution in [2.45, 2.75) is 0 Å². The van der Waals surface area contributed by atoms with E-state index in [0.717, 1.165) is 5.57 Å². The average molecular weight is 167 g/mol. The highest BCUT2D eigenvalue weighted by Crippen LogP contribution is 2.27. The second-order valence-corrected chi connectivity index (χ2v) is 3.02. The maximum absolute atomic E-state index is 4.07. The van der Waals surface area contributed by atoms with E-state index in [4.69, 9.17) is 0 Å². The SMILES string of the molecule is C=C([C]1C=CC=C1)c1ccccc1. The molecule has 0 aliphatic heterocycles. The molecule has 13 heavy (non-hydrogen) atoms. The first-order valence-corrected chi connectivity index (χ1v) is 4.34. The largest absolute Gasteiger partial charge is 0.0940 e. The normalized spacial score (nSPS) is 15.1. The first-order chi connectivity index (χ1) is 6.38. The van der Waals surface area contributed by atoms with Gasteiger partial charge in [-0.25, -0.2) is 0 Å². The minimum atomic E-state index is 1.09. The quantitative estimate of drug-likeness (QED) is 0.633. The zero-order valence-electron chi connectivity index (χ0n) is 7.40. The van der Waals surface area contributed by atoms with E-state index in [9.17, 15) is 0 Å². The summed E-state index contributed by atoms with van der Waals surface area (Å²) in [6.45, 7) is 4.07. The zero-order valence-corrected chi connectivity index (χ0v) is 7.40. The first-order valence-electron chi connectivity index (χ1n) is 4.34. The highest BCUT2D eigenvalue weighted by atomic mass is 14.1. The van der Waals surface area contributed by atoms with E-state index >= 15 is 0 Å². The van der Waals surface area contributed by atoms with Crippen LogP contribution in [-0.4, -0.2) is 0 Å². The Hall–Kier alpha value is -1.56. The van der Waals surface area contributed by atoms with Gasteiger partial charge in [0, 0.05) is 5.92 Å². The molecule has 0 heterocycles. The standard InChI is InChI=1S/C13H11/c1-11(13-9-5-6-10-13)12-7-3-2-4-8-12/h2-10H,1H2. The van der Waals surface area contributed by atoms with E-state index in [0.29, 0.717) is 0 Å². The van der Waals surface area contributed by atoms with Crippen molar-refractivity contribution >= 4 is 5.57 Å². The lowest BCUT2D eigenvalue weighted by molar-refractivity contribution is 1.50. The summed E-state index contributed by atoms with van der Waals surface area (Å²) in [6.07, 6.45) is 8.22. The summed E-state index contributed by atoms with van der Waals surface area (Å²) >= 11 is 0. The molecular weight excluding hydrogens is 156 g/mol. The smallest absolute Gasteiger partial charge is 0.0485 e. The van der Waals surface area contributed by atoms with Crippen LogP contribution >= 0.6 is 0 Å². The summed E-state index contributed by atoms with van der Waals surface area (Å²) in [6, 6.07) is 10.2. The van der Waals surface area contributed by atoms with Crippen molar-refractivity contribution in [3.8, 4) is 0 Å². The highest BCUT2D eigenvalue weighted by molar-refractivity contribution is 5.80. The summed E-state index contributed by atoms with van der Waals surface area (Å²) in [5.74, 6) is 1.20. The molecule has 1 aliphatic rings. The van der Waals surface area contributed by atoms with Crippen molar-refractivity contribution in [1.29, 1.82) is 0 Å². The van der Waals surface area contributed by atoms with Crippen LogP contribution in [0.3, 0.4) is 0 Å². The molecule has 1 aromatic carbocycles. The van der Waals surface area contributed by atoms with Crippen molar-refractivity contribution in [3.05, 3.63) is 72.7 Å². The minimum absolute atomic E-state index is 1.09. The number of hydrogen-bond acceptors (Lipinski definition) is 0. The van der Waals surface area contributed by atoms with Gasteiger partial charge in [-0.2, -0.15) is 0 Å². The first kappa shape index (κ1) is 8.06. The van der Waals surface area contributed by atoms with Crippen LogP contribution in [0, 0.1) is 5.92 Å². The highest BCUT2D eigenvalue weighted by Gasteiger charge is 2.09. The van der Waals surface area contributed by atoms with Gasteiger partial charge < -0.3 is 0 Å². The van der Waals surface area contributed by atoms with Gasteiger partial charge >= 0.3 is 0 Å².